The molecule has 186 valence electrons. The molecule has 3 fully saturated rings. The van der Waals surface area contributed by atoms with Crippen LogP contribution in [0.4, 0.5) is 0 Å². The number of carbonyl (C=O) groups is 3. The summed E-state index contributed by atoms with van der Waals surface area (Å²) in [7, 11) is 0. The van der Waals surface area contributed by atoms with Crippen LogP contribution in [-0.4, -0.2) is 63.7 Å². The van der Waals surface area contributed by atoms with Crippen LogP contribution in [0.1, 0.15) is 53.0 Å². The van der Waals surface area contributed by atoms with Gasteiger partial charge in [0.25, 0.3) is 0 Å². The largest absolute Gasteiger partial charge is 0.396 e. The average Bonchev–Trinajstić information content (AvgIpc) is 3.27. The van der Waals surface area contributed by atoms with Crippen LogP contribution in [0, 0.1) is 17.8 Å². The minimum Gasteiger partial charge on any atom is -0.396 e. The first kappa shape index (κ1) is 24.7. The lowest BCUT2D eigenvalue weighted by molar-refractivity contribution is -0.148. The van der Waals surface area contributed by atoms with E-state index < -0.39 is 34.6 Å². The van der Waals surface area contributed by atoms with Gasteiger partial charge in [0.1, 0.15) is 11.6 Å². The van der Waals surface area contributed by atoms with E-state index in [2.05, 4.69) is 10.6 Å². The van der Waals surface area contributed by atoms with Gasteiger partial charge in [-0.3, -0.25) is 14.4 Å². The summed E-state index contributed by atoms with van der Waals surface area (Å²) in [5.41, 5.74) is -1.43. The van der Waals surface area contributed by atoms with Gasteiger partial charge >= 0.3 is 0 Å². The number of benzene rings is 1. The first-order valence-corrected chi connectivity index (χ1v) is 12.2. The summed E-state index contributed by atoms with van der Waals surface area (Å²) in [4.78, 5) is 42.5. The Kier molecular flexibility index (Phi) is 6.27. The number of aliphatic hydroxyl groups is 1. The van der Waals surface area contributed by atoms with Gasteiger partial charge in [-0.1, -0.05) is 37.3 Å². The summed E-state index contributed by atoms with van der Waals surface area (Å²) in [6, 6.07) is 8.78. The van der Waals surface area contributed by atoms with Gasteiger partial charge in [0.05, 0.1) is 17.4 Å². The Hall–Kier alpha value is -2.45. The lowest BCUT2D eigenvalue weighted by atomic mass is 9.62. The molecular formula is C26H37N3O5. The van der Waals surface area contributed by atoms with E-state index in [-0.39, 0.29) is 36.8 Å². The normalized spacial score (nSPS) is 34.3. The summed E-state index contributed by atoms with van der Waals surface area (Å²) < 4.78 is 6.65. The number of hydrogen-bond donors (Lipinski definition) is 3. The average molecular weight is 472 g/mol. The lowest BCUT2D eigenvalue weighted by Crippen LogP contribution is -2.58. The number of likely N-dealkylation sites (tertiary alicyclic amines) is 1. The Morgan fingerprint density at radius 1 is 1.21 bits per heavy atom. The molecule has 4 rings (SSSR count). The standard InChI is InChI=1S/C26H37N3O5/c1-16-14-26-19(23(33)29(12-9-13-30)20(26)22(32)28-24(2,3)4)18(25(16,5)34-26)21(31)27-15-17-10-7-6-8-11-17/h6-8,10-11,16,18-20,30H,9,12-15H2,1-5H3,(H,27,31)(H,28,32)/t16?,18-,19-,20?,25+,26?/m0/s1. The van der Waals surface area contributed by atoms with Crippen molar-refractivity contribution in [2.75, 3.05) is 13.2 Å². The molecular weight excluding hydrogens is 434 g/mol. The Balaban J connectivity index is 1.68. The van der Waals surface area contributed by atoms with E-state index in [4.69, 9.17) is 4.74 Å². The second kappa shape index (κ2) is 8.64. The van der Waals surface area contributed by atoms with Crippen LogP contribution < -0.4 is 10.6 Å². The van der Waals surface area contributed by atoms with E-state index in [9.17, 15) is 19.5 Å². The molecule has 2 bridgehead atoms. The molecule has 0 aromatic heterocycles. The van der Waals surface area contributed by atoms with Gasteiger partial charge in [-0.2, -0.15) is 0 Å². The Morgan fingerprint density at radius 2 is 1.88 bits per heavy atom. The molecule has 0 aliphatic carbocycles. The molecule has 3 saturated heterocycles. The zero-order valence-corrected chi connectivity index (χ0v) is 20.8. The van der Waals surface area contributed by atoms with Crippen LogP contribution in [0.2, 0.25) is 0 Å². The van der Waals surface area contributed by atoms with Crippen molar-refractivity contribution >= 4 is 17.7 Å². The molecule has 8 nitrogen and oxygen atoms in total. The number of rotatable bonds is 7. The van der Waals surface area contributed by atoms with Gasteiger partial charge in [0.2, 0.25) is 17.7 Å². The first-order valence-electron chi connectivity index (χ1n) is 12.2. The zero-order valence-electron chi connectivity index (χ0n) is 20.8. The quantitative estimate of drug-likeness (QED) is 0.560. The van der Waals surface area contributed by atoms with Crippen molar-refractivity contribution in [1.82, 2.24) is 15.5 Å². The Labute approximate surface area is 201 Å². The van der Waals surface area contributed by atoms with Crippen molar-refractivity contribution < 1.29 is 24.2 Å². The molecule has 3 aliphatic heterocycles. The number of aliphatic hydroxyl groups excluding tert-OH is 1. The van der Waals surface area contributed by atoms with Crippen molar-refractivity contribution in [2.24, 2.45) is 17.8 Å². The molecule has 3 N–H and O–H groups in total. The topological polar surface area (TPSA) is 108 Å². The van der Waals surface area contributed by atoms with E-state index >= 15 is 0 Å². The van der Waals surface area contributed by atoms with Crippen molar-refractivity contribution in [3.05, 3.63) is 35.9 Å². The van der Waals surface area contributed by atoms with Crippen molar-refractivity contribution in [1.29, 1.82) is 0 Å². The van der Waals surface area contributed by atoms with Gasteiger partial charge in [0, 0.05) is 25.2 Å². The summed E-state index contributed by atoms with van der Waals surface area (Å²) in [5, 5.41) is 15.5. The lowest BCUT2D eigenvalue weighted by Gasteiger charge is -2.37. The molecule has 6 atom stereocenters. The van der Waals surface area contributed by atoms with Gasteiger partial charge in [-0.15, -0.1) is 0 Å². The highest BCUT2D eigenvalue weighted by Crippen LogP contribution is 2.65. The van der Waals surface area contributed by atoms with Crippen molar-refractivity contribution in [3.63, 3.8) is 0 Å². The maximum absolute atomic E-state index is 13.8. The third-order valence-electron chi connectivity index (χ3n) is 7.71. The molecule has 3 unspecified atom stereocenters. The first-order chi connectivity index (χ1) is 15.9. The van der Waals surface area contributed by atoms with E-state index in [0.717, 1.165) is 5.56 Å². The summed E-state index contributed by atoms with van der Waals surface area (Å²) in [6.07, 6.45) is 0.881. The van der Waals surface area contributed by atoms with E-state index in [0.29, 0.717) is 19.4 Å². The molecule has 1 aromatic rings. The van der Waals surface area contributed by atoms with Crippen LogP contribution in [-0.2, 0) is 25.7 Å². The molecule has 0 saturated carbocycles. The Morgan fingerprint density at radius 3 is 2.50 bits per heavy atom. The number of nitrogens with zero attached hydrogens (tertiary/aromatic N) is 1. The third kappa shape index (κ3) is 3.90. The highest BCUT2D eigenvalue weighted by atomic mass is 16.5. The smallest absolute Gasteiger partial charge is 0.246 e. The van der Waals surface area contributed by atoms with Crippen LogP contribution in [0.25, 0.3) is 0 Å². The second-order valence-electron chi connectivity index (χ2n) is 11.3. The molecule has 34 heavy (non-hydrogen) atoms. The Bertz CT molecular complexity index is 961. The van der Waals surface area contributed by atoms with Crippen LogP contribution in [0.3, 0.4) is 0 Å². The van der Waals surface area contributed by atoms with Gasteiger partial charge in [-0.05, 0) is 52.0 Å². The third-order valence-corrected chi connectivity index (χ3v) is 7.71. The minimum absolute atomic E-state index is 0.00764. The number of hydrogen-bond acceptors (Lipinski definition) is 5. The van der Waals surface area contributed by atoms with Crippen molar-refractivity contribution in [3.8, 4) is 0 Å². The van der Waals surface area contributed by atoms with Crippen LogP contribution in [0.15, 0.2) is 30.3 Å². The highest BCUT2D eigenvalue weighted by molar-refractivity contribution is 5.99. The molecule has 8 heteroatoms. The van der Waals surface area contributed by atoms with E-state index in [1.54, 1.807) is 0 Å². The second-order valence-corrected chi connectivity index (χ2v) is 11.3. The van der Waals surface area contributed by atoms with E-state index in [1.165, 1.54) is 4.90 Å². The number of carbonyl (C=O) groups excluding carboxylic acids is 3. The summed E-state index contributed by atoms with van der Waals surface area (Å²) >= 11 is 0. The number of fused-ring (bicyclic) bond motifs is 1. The number of ether oxygens (including phenoxy) is 1. The van der Waals surface area contributed by atoms with Gasteiger partial charge in [0.15, 0.2) is 0 Å². The maximum Gasteiger partial charge on any atom is 0.246 e. The van der Waals surface area contributed by atoms with Gasteiger partial charge < -0.3 is 25.4 Å². The highest BCUT2D eigenvalue weighted by Gasteiger charge is 2.79. The SMILES string of the molecule is CC1CC23O[C@@]1(C)[C@H](C(=O)NCc1ccccc1)[C@H]2C(=O)N(CCCO)C3C(=O)NC(C)(C)C. The maximum atomic E-state index is 13.8. The monoisotopic (exact) mass is 471 g/mol. The van der Waals surface area contributed by atoms with Gasteiger partial charge in [-0.25, -0.2) is 0 Å². The minimum atomic E-state index is -1.06. The van der Waals surface area contributed by atoms with Crippen molar-refractivity contribution in [2.45, 2.75) is 76.8 Å². The molecule has 3 aliphatic rings. The van der Waals surface area contributed by atoms with Crippen LogP contribution >= 0.6 is 0 Å². The van der Waals surface area contributed by atoms with Crippen LogP contribution in [0.5, 0.6) is 0 Å². The molecule has 3 amide bonds. The van der Waals surface area contributed by atoms with E-state index in [1.807, 2.05) is 65.0 Å². The fourth-order valence-electron chi connectivity index (χ4n) is 6.25. The zero-order chi connectivity index (χ0) is 24.9. The summed E-state index contributed by atoms with van der Waals surface area (Å²) in [5.74, 6) is -2.18. The fourth-order valence-corrected chi connectivity index (χ4v) is 6.25. The molecule has 1 aromatic carbocycles. The predicted octanol–water partition coefficient (Wildman–Crippen LogP) is 1.61. The molecule has 0 radical (unpaired) electrons. The molecule has 1 spiro atoms. The number of amides is 3. The molecule has 3 heterocycles. The summed E-state index contributed by atoms with van der Waals surface area (Å²) in [6.45, 7) is 10.1. The number of nitrogens with one attached hydrogen (secondary N) is 2. The fraction of sp³-hybridized carbons (Fsp3) is 0.654. The predicted molar refractivity (Wildman–Crippen MR) is 126 cm³/mol.